The number of likely N-dealkylation sites (tertiary alicyclic amines) is 1. The maximum absolute atomic E-state index is 13.2. The van der Waals surface area contributed by atoms with Crippen molar-refractivity contribution in [2.24, 2.45) is 0 Å². The molecule has 1 amide bonds. The lowest BCUT2D eigenvalue weighted by Crippen LogP contribution is -2.50. The molecule has 0 N–H and O–H groups in total. The third-order valence-electron chi connectivity index (χ3n) is 2.45. The second-order valence-electron chi connectivity index (χ2n) is 5.12. The summed E-state index contributed by atoms with van der Waals surface area (Å²) in [5.41, 5.74) is -0.558. The van der Waals surface area contributed by atoms with Gasteiger partial charge >= 0.3 is 6.09 Å². The van der Waals surface area contributed by atoms with Crippen LogP contribution >= 0.6 is 11.6 Å². The van der Waals surface area contributed by atoms with E-state index in [4.69, 9.17) is 16.3 Å². The van der Waals surface area contributed by atoms with Gasteiger partial charge in [0.05, 0.1) is 6.54 Å². The van der Waals surface area contributed by atoms with E-state index in [9.17, 15) is 9.18 Å². The fourth-order valence-electron chi connectivity index (χ4n) is 1.69. The van der Waals surface area contributed by atoms with Gasteiger partial charge in [-0.3, -0.25) is 0 Å². The van der Waals surface area contributed by atoms with Gasteiger partial charge in [-0.25, -0.2) is 9.18 Å². The Morgan fingerprint density at radius 3 is 2.62 bits per heavy atom. The molecule has 2 unspecified atom stereocenters. The molecule has 0 radical (unpaired) electrons. The van der Waals surface area contributed by atoms with Crippen LogP contribution in [0.15, 0.2) is 0 Å². The molecule has 16 heavy (non-hydrogen) atoms. The molecule has 0 spiro atoms. The smallest absolute Gasteiger partial charge is 0.410 e. The molecule has 0 aromatic heterocycles. The molecule has 1 saturated heterocycles. The van der Waals surface area contributed by atoms with Crippen LogP contribution in [0.3, 0.4) is 0 Å². The van der Waals surface area contributed by atoms with Gasteiger partial charge in [0.25, 0.3) is 0 Å². The zero-order valence-electron chi connectivity index (χ0n) is 10.0. The first-order valence-electron chi connectivity index (χ1n) is 5.53. The predicted octanol–water partition coefficient (Wildman–Crippen LogP) is 2.96. The van der Waals surface area contributed by atoms with Crippen LogP contribution in [0.4, 0.5) is 9.18 Å². The van der Waals surface area contributed by atoms with E-state index >= 15 is 0 Å². The summed E-state index contributed by atoms with van der Waals surface area (Å²) in [6.45, 7) is 5.46. The lowest BCUT2D eigenvalue weighted by molar-refractivity contribution is 0.00249. The number of carbonyl (C=O) groups is 1. The molecule has 0 saturated carbocycles. The average Bonchev–Trinajstić information content (AvgIpc) is 2.15. The Balaban J connectivity index is 2.63. The summed E-state index contributed by atoms with van der Waals surface area (Å²) in [5, 5.41) is 0. The number of rotatable bonds is 1. The second kappa shape index (κ2) is 5.21. The minimum Gasteiger partial charge on any atom is -0.444 e. The predicted molar refractivity (Wildman–Crippen MR) is 61.6 cm³/mol. The highest BCUT2D eigenvalue weighted by Gasteiger charge is 2.33. The highest BCUT2D eigenvalue weighted by atomic mass is 35.5. The molecule has 1 aliphatic rings. The van der Waals surface area contributed by atoms with Crippen molar-refractivity contribution in [3.63, 3.8) is 0 Å². The van der Waals surface area contributed by atoms with E-state index in [2.05, 4.69) is 0 Å². The standard InChI is InChI=1S/C11H19ClFNO2/c1-11(2,3)16-10(15)14-7-8(13)4-5-9(14)6-12/h8-9H,4-7H2,1-3H3. The molecule has 1 fully saturated rings. The van der Waals surface area contributed by atoms with Gasteiger partial charge in [-0.2, -0.15) is 0 Å². The lowest BCUT2D eigenvalue weighted by atomic mass is 10.0. The van der Waals surface area contributed by atoms with Crippen molar-refractivity contribution < 1.29 is 13.9 Å². The molecular formula is C11H19ClFNO2. The van der Waals surface area contributed by atoms with Crippen LogP contribution in [0.5, 0.6) is 0 Å². The Labute approximate surface area is 101 Å². The second-order valence-corrected chi connectivity index (χ2v) is 5.42. The third kappa shape index (κ3) is 3.81. The van der Waals surface area contributed by atoms with Gasteiger partial charge in [0.1, 0.15) is 11.8 Å². The zero-order valence-corrected chi connectivity index (χ0v) is 10.8. The third-order valence-corrected chi connectivity index (χ3v) is 2.81. The largest absolute Gasteiger partial charge is 0.444 e. The summed E-state index contributed by atoms with van der Waals surface area (Å²) < 4.78 is 18.5. The van der Waals surface area contributed by atoms with Crippen molar-refractivity contribution in [3.05, 3.63) is 0 Å². The van der Waals surface area contributed by atoms with E-state index in [0.717, 1.165) is 0 Å². The molecule has 1 heterocycles. The number of hydrogen-bond donors (Lipinski definition) is 0. The van der Waals surface area contributed by atoms with Crippen molar-refractivity contribution >= 4 is 17.7 Å². The molecule has 5 heteroatoms. The SMILES string of the molecule is CC(C)(C)OC(=O)N1CC(F)CCC1CCl. The Morgan fingerprint density at radius 2 is 2.12 bits per heavy atom. The molecule has 0 bridgehead atoms. The van der Waals surface area contributed by atoms with Crippen molar-refractivity contribution in [3.8, 4) is 0 Å². The summed E-state index contributed by atoms with van der Waals surface area (Å²) >= 11 is 5.77. The van der Waals surface area contributed by atoms with Gasteiger partial charge in [0, 0.05) is 11.9 Å². The van der Waals surface area contributed by atoms with E-state index < -0.39 is 17.9 Å². The number of hydrogen-bond acceptors (Lipinski definition) is 2. The molecule has 1 aliphatic heterocycles. The molecule has 94 valence electrons. The fourth-order valence-corrected chi connectivity index (χ4v) is 2.01. The summed E-state index contributed by atoms with van der Waals surface area (Å²) in [6, 6.07) is -0.108. The van der Waals surface area contributed by atoms with Gasteiger partial charge in [0.2, 0.25) is 0 Å². The molecule has 1 rings (SSSR count). The highest BCUT2D eigenvalue weighted by Crippen LogP contribution is 2.22. The van der Waals surface area contributed by atoms with Crippen LogP contribution in [-0.4, -0.2) is 41.2 Å². The van der Waals surface area contributed by atoms with Crippen LogP contribution in [0.1, 0.15) is 33.6 Å². The number of piperidine rings is 1. The maximum atomic E-state index is 13.2. The number of halogens is 2. The summed E-state index contributed by atoms with van der Waals surface area (Å²) in [4.78, 5) is 13.2. The number of amides is 1. The highest BCUT2D eigenvalue weighted by molar-refractivity contribution is 6.18. The number of ether oxygens (including phenoxy) is 1. The van der Waals surface area contributed by atoms with Crippen LogP contribution < -0.4 is 0 Å². The first kappa shape index (κ1) is 13.6. The van der Waals surface area contributed by atoms with Crippen molar-refractivity contribution in [1.29, 1.82) is 0 Å². The quantitative estimate of drug-likeness (QED) is 0.671. The first-order chi connectivity index (χ1) is 7.33. The van der Waals surface area contributed by atoms with Gasteiger partial charge in [-0.05, 0) is 33.6 Å². The molecule has 0 aliphatic carbocycles. The zero-order chi connectivity index (χ0) is 12.3. The molecule has 2 atom stereocenters. The minimum atomic E-state index is -0.966. The van der Waals surface area contributed by atoms with Crippen LogP contribution in [0, 0.1) is 0 Å². The number of alkyl halides is 2. The first-order valence-corrected chi connectivity index (χ1v) is 6.06. The van der Waals surface area contributed by atoms with Gasteiger partial charge in [-0.1, -0.05) is 0 Å². The number of nitrogens with zero attached hydrogens (tertiary/aromatic N) is 1. The van der Waals surface area contributed by atoms with Gasteiger partial charge < -0.3 is 9.64 Å². The monoisotopic (exact) mass is 251 g/mol. The van der Waals surface area contributed by atoms with Gasteiger partial charge in [-0.15, -0.1) is 11.6 Å². The molecule has 0 aromatic carbocycles. The normalized spacial score (nSPS) is 26.7. The summed E-state index contributed by atoms with van der Waals surface area (Å²) in [6.07, 6.45) is -0.367. The van der Waals surface area contributed by atoms with Gasteiger partial charge in [0.15, 0.2) is 0 Å². The van der Waals surface area contributed by atoms with E-state index in [0.29, 0.717) is 18.7 Å². The summed E-state index contributed by atoms with van der Waals surface area (Å²) in [5.74, 6) is 0.325. The summed E-state index contributed by atoms with van der Waals surface area (Å²) in [7, 11) is 0. The minimum absolute atomic E-state index is 0.0896. The topological polar surface area (TPSA) is 29.5 Å². The Bertz CT molecular complexity index is 255. The Kier molecular flexibility index (Phi) is 4.42. The maximum Gasteiger partial charge on any atom is 0.410 e. The fraction of sp³-hybridized carbons (Fsp3) is 0.909. The van der Waals surface area contributed by atoms with E-state index in [1.807, 2.05) is 0 Å². The van der Waals surface area contributed by atoms with E-state index in [1.54, 1.807) is 20.8 Å². The molecular weight excluding hydrogens is 233 g/mol. The van der Waals surface area contributed by atoms with Crippen molar-refractivity contribution in [2.75, 3.05) is 12.4 Å². The molecule has 3 nitrogen and oxygen atoms in total. The van der Waals surface area contributed by atoms with Crippen molar-refractivity contribution in [2.45, 2.75) is 51.4 Å². The van der Waals surface area contributed by atoms with Crippen molar-refractivity contribution in [1.82, 2.24) is 4.90 Å². The van der Waals surface area contributed by atoms with E-state index in [1.165, 1.54) is 4.90 Å². The molecule has 0 aromatic rings. The Hall–Kier alpha value is -0.510. The van der Waals surface area contributed by atoms with Crippen LogP contribution in [-0.2, 0) is 4.74 Å². The van der Waals surface area contributed by atoms with Crippen LogP contribution in [0.2, 0.25) is 0 Å². The average molecular weight is 252 g/mol. The van der Waals surface area contributed by atoms with Crippen LogP contribution in [0.25, 0.3) is 0 Å². The Morgan fingerprint density at radius 1 is 1.50 bits per heavy atom. The number of carbonyl (C=O) groups excluding carboxylic acids is 1. The lowest BCUT2D eigenvalue weighted by Gasteiger charge is -2.37. The van der Waals surface area contributed by atoms with E-state index in [-0.39, 0.29) is 12.6 Å².